The number of nitrogens with zero attached hydrogens (tertiary/aromatic N) is 4. The quantitative estimate of drug-likeness (QED) is 0.730. The maximum absolute atomic E-state index is 4.59. The molecule has 3 rings (SSSR count). The van der Waals surface area contributed by atoms with Crippen LogP contribution in [0.1, 0.15) is 12.7 Å². The lowest BCUT2D eigenvalue weighted by Gasteiger charge is -2.06. The Morgan fingerprint density at radius 1 is 1.30 bits per heavy atom. The van der Waals surface area contributed by atoms with Crippen LogP contribution in [0.4, 0.5) is 5.82 Å². The summed E-state index contributed by atoms with van der Waals surface area (Å²) in [6.45, 7) is 2.91. The second kappa shape index (κ2) is 6.15. The Hall–Kier alpha value is -1.73. The van der Waals surface area contributed by atoms with Gasteiger partial charge in [0.1, 0.15) is 21.5 Å². The topological polar surface area (TPSA) is 63.6 Å². The Labute approximate surface area is 124 Å². The highest BCUT2D eigenvalue weighted by Gasteiger charge is 2.09. The zero-order valence-corrected chi connectivity index (χ0v) is 12.5. The molecule has 0 aromatic carbocycles. The third kappa shape index (κ3) is 2.88. The van der Waals surface area contributed by atoms with Crippen molar-refractivity contribution in [1.82, 2.24) is 19.9 Å². The van der Waals surface area contributed by atoms with Gasteiger partial charge in [-0.15, -0.1) is 11.3 Å². The fourth-order valence-electron chi connectivity index (χ4n) is 1.76. The van der Waals surface area contributed by atoms with Gasteiger partial charge in [-0.2, -0.15) is 0 Å². The highest BCUT2D eigenvalue weighted by Crippen LogP contribution is 2.27. The molecule has 0 unspecified atom stereocenters. The Balaban J connectivity index is 1.84. The van der Waals surface area contributed by atoms with E-state index in [1.54, 1.807) is 41.7 Å². The van der Waals surface area contributed by atoms with Crippen LogP contribution in [0.15, 0.2) is 35.1 Å². The van der Waals surface area contributed by atoms with E-state index in [1.807, 2.05) is 5.38 Å². The Morgan fingerprint density at radius 2 is 2.25 bits per heavy atom. The summed E-state index contributed by atoms with van der Waals surface area (Å²) in [4.78, 5) is 18.5. The zero-order valence-electron chi connectivity index (χ0n) is 10.9. The van der Waals surface area contributed by atoms with Crippen LogP contribution in [0.25, 0.3) is 10.2 Å². The van der Waals surface area contributed by atoms with Gasteiger partial charge in [-0.3, -0.25) is 4.98 Å². The van der Waals surface area contributed by atoms with E-state index in [1.165, 1.54) is 0 Å². The van der Waals surface area contributed by atoms with Crippen molar-refractivity contribution in [3.63, 3.8) is 0 Å². The molecule has 3 aromatic heterocycles. The maximum Gasteiger partial charge on any atom is 0.142 e. The molecule has 0 bridgehead atoms. The van der Waals surface area contributed by atoms with E-state index < -0.39 is 0 Å². The summed E-state index contributed by atoms with van der Waals surface area (Å²) in [5, 5.41) is 7.30. The van der Waals surface area contributed by atoms with E-state index in [9.17, 15) is 0 Å². The summed E-state index contributed by atoms with van der Waals surface area (Å²) in [6.07, 6.45) is 5.11. The van der Waals surface area contributed by atoms with Crippen LogP contribution in [-0.2, 0) is 5.75 Å². The molecule has 0 aliphatic carbocycles. The van der Waals surface area contributed by atoms with Crippen molar-refractivity contribution in [3.8, 4) is 0 Å². The largest absolute Gasteiger partial charge is 0.370 e. The van der Waals surface area contributed by atoms with E-state index in [4.69, 9.17) is 0 Å². The summed E-state index contributed by atoms with van der Waals surface area (Å²) < 4.78 is 0. The van der Waals surface area contributed by atoms with Crippen LogP contribution < -0.4 is 5.32 Å². The van der Waals surface area contributed by atoms with E-state index >= 15 is 0 Å². The van der Waals surface area contributed by atoms with Crippen LogP contribution in [0.5, 0.6) is 0 Å². The van der Waals surface area contributed by atoms with Crippen molar-refractivity contribution in [3.05, 3.63) is 35.9 Å². The minimum absolute atomic E-state index is 0.685. The minimum atomic E-state index is 0.685. The summed E-state index contributed by atoms with van der Waals surface area (Å²) in [5.74, 6) is 2.41. The van der Waals surface area contributed by atoms with E-state index in [0.29, 0.717) is 5.75 Å². The van der Waals surface area contributed by atoms with Gasteiger partial charge in [0.2, 0.25) is 0 Å². The fourth-order valence-corrected chi connectivity index (χ4v) is 3.22. The second-order valence-corrected chi connectivity index (χ2v) is 5.88. The lowest BCUT2D eigenvalue weighted by atomic mass is 10.3. The second-order valence-electron chi connectivity index (χ2n) is 3.99. The smallest absolute Gasteiger partial charge is 0.142 e. The summed E-state index contributed by atoms with van der Waals surface area (Å²) in [6, 6.07) is 2.05. The van der Waals surface area contributed by atoms with Gasteiger partial charge in [0.15, 0.2) is 0 Å². The molecule has 0 saturated carbocycles. The fraction of sp³-hybridized carbons (Fsp3) is 0.231. The third-order valence-corrected chi connectivity index (χ3v) is 4.32. The van der Waals surface area contributed by atoms with Gasteiger partial charge in [0.05, 0.1) is 17.3 Å². The van der Waals surface area contributed by atoms with Crippen LogP contribution >= 0.6 is 23.1 Å². The molecule has 0 atom stereocenters. The molecule has 0 aliphatic rings. The predicted octanol–water partition coefficient (Wildman–Crippen LogP) is 3.21. The number of hydrogen-bond donors (Lipinski definition) is 1. The predicted molar refractivity (Wildman–Crippen MR) is 83.2 cm³/mol. The molecule has 0 aliphatic heterocycles. The molecular weight excluding hydrogens is 290 g/mol. The zero-order chi connectivity index (χ0) is 13.8. The van der Waals surface area contributed by atoms with Crippen molar-refractivity contribution in [2.24, 2.45) is 0 Å². The van der Waals surface area contributed by atoms with Gasteiger partial charge in [-0.25, -0.2) is 15.0 Å². The van der Waals surface area contributed by atoms with Crippen molar-refractivity contribution in [1.29, 1.82) is 0 Å². The highest BCUT2D eigenvalue weighted by molar-refractivity contribution is 7.98. The first-order chi connectivity index (χ1) is 9.86. The highest BCUT2D eigenvalue weighted by atomic mass is 32.2. The van der Waals surface area contributed by atoms with Crippen LogP contribution in [0, 0.1) is 0 Å². The van der Waals surface area contributed by atoms with E-state index in [0.717, 1.165) is 33.4 Å². The third-order valence-electron chi connectivity index (χ3n) is 2.60. The summed E-state index contributed by atoms with van der Waals surface area (Å²) in [5.41, 5.74) is 0. The van der Waals surface area contributed by atoms with Crippen LogP contribution in [0.3, 0.4) is 0 Å². The SMILES string of the molecule is CCNc1nc(CSc2cnccn2)nc2sccc12. The molecule has 5 nitrogen and oxygen atoms in total. The van der Waals surface area contributed by atoms with Gasteiger partial charge in [0, 0.05) is 18.9 Å². The lowest BCUT2D eigenvalue weighted by molar-refractivity contribution is 1.03. The summed E-state index contributed by atoms with van der Waals surface area (Å²) in [7, 11) is 0. The van der Waals surface area contributed by atoms with Gasteiger partial charge in [-0.1, -0.05) is 11.8 Å². The molecule has 20 heavy (non-hydrogen) atoms. The van der Waals surface area contributed by atoms with Gasteiger partial charge < -0.3 is 5.32 Å². The number of anilines is 1. The number of rotatable bonds is 5. The first-order valence-electron chi connectivity index (χ1n) is 6.23. The molecule has 3 heterocycles. The first-order valence-corrected chi connectivity index (χ1v) is 8.10. The van der Waals surface area contributed by atoms with Crippen LogP contribution in [-0.4, -0.2) is 26.5 Å². The maximum atomic E-state index is 4.59. The molecule has 102 valence electrons. The minimum Gasteiger partial charge on any atom is -0.370 e. The molecule has 3 aromatic rings. The molecule has 0 amide bonds. The van der Waals surface area contributed by atoms with Gasteiger partial charge in [0.25, 0.3) is 0 Å². The van der Waals surface area contributed by atoms with Gasteiger partial charge in [-0.05, 0) is 18.4 Å². The average Bonchev–Trinajstić information content (AvgIpc) is 2.95. The number of thioether (sulfide) groups is 1. The first kappa shape index (κ1) is 13.3. The summed E-state index contributed by atoms with van der Waals surface area (Å²) >= 11 is 3.22. The lowest BCUT2D eigenvalue weighted by Crippen LogP contribution is -2.03. The Morgan fingerprint density at radius 3 is 3.05 bits per heavy atom. The molecular formula is C13H13N5S2. The molecule has 0 radical (unpaired) electrons. The molecule has 7 heteroatoms. The number of fused-ring (bicyclic) bond motifs is 1. The van der Waals surface area contributed by atoms with Gasteiger partial charge >= 0.3 is 0 Å². The molecule has 0 spiro atoms. The van der Waals surface area contributed by atoms with E-state index in [2.05, 4.69) is 38.2 Å². The monoisotopic (exact) mass is 303 g/mol. The number of aromatic nitrogens is 4. The van der Waals surface area contributed by atoms with Crippen LogP contribution in [0.2, 0.25) is 0 Å². The Kier molecular flexibility index (Phi) is 4.08. The van der Waals surface area contributed by atoms with Crippen molar-refractivity contribution >= 4 is 39.1 Å². The van der Waals surface area contributed by atoms with Crippen molar-refractivity contribution in [2.45, 2.75) is 17.7 Å². The number of thiophene rings is 1. The Bertz CT molecular complexity index is 698. The number of hydrogen-bond acceptors (Lipinski definition) is 7. The number of nitrogens with one attached hydrogen (secondary N) is 1. The van der Waals surface area contributed by atoms with E-state index in [-0.39, 0.29) is 0 Å². The molecule has 0 fully saturated rings. The average molecular weight is 303 g/mol. The van der Waals surface area contributed by atoms with Crippen molar-refractivity contribution in [2.75, 3.05) is 11.9 Å². The van der Waals surface area contributed by atoms with Crippen molar-refractivity contribution < 1.29 is 0 Å². The molecule has 0 saturated heterocycles. The molecule has 1 N–H and O–H groups in total. The standard InChI is InChI=1S/C13H13N5S2/c1-2-15-12-9-3-6-19-13(9)18-10(17-12)8-20-11-7-14-4-5-16-11/h3-7H,2,8H2,1H3,(H,15,17,18). The normalized spacial score (nSPS) is 10.8.